The number of carbonyl (C=O) groups excluding carboxylic acids is 1. The Morgan fingerprint density at radius 2 is 2.15 bits per heavy atom. The molecule has 20 heavy (non-hydrogen) atoms. The molecule has 0 aromatic carbocycles. The largest absolute Gasteiger partial charge is 0.478 e. The van der Waals surface area contributed by atoms with E-state index < -0.39 is 5.97 Å². The van der Waals surface area contributed by atoms with Crippen molar-refractivity contribution in [2.24, 2.45) is 5.41 Å². The average molecular weight is 276 g/mol. The van der Waals surface area contributed by atoms with Gasteiger partial charge in [-0.05, 0) is 36.8 Å². The highest BCUT2D eigenvalue weighted by Crippen LogP contribution is 2.35. The van der Waals surface area contributed by atoms with Gasteiger partial charge in [-0.15, -0.1) is 0 Å². The molecule has 108 valence electrons. The van der Waals surface area contributed by atoms with Crippen LogP contribution < -0.4 is 5.32 Å². The standard InChI is InChI=1S/C15H20N2O3/c1-15(2)7-3-4-11(8-15)17-13(18)12-6-5-10(9-16-12)14(19)20/h5-6,9,11H,3-4,7-8H2,1-2H3,(H,17,18)(H,19,20). The number of pyridine rings is 1. The third-order valence-corrected chi connectivity index (χ3v) is 3.78. The molecule has 1 atom stereocenters. The lowest BCUT2D eigenvalue weighted by molar-refractivity contribution is 0.0695. The number of carbonyl (C=O) groups is 2. The normalized spacial score (nSPS) is 21.2. The van der Waals surface area contributed by atoms with E-state index in [0.717, 1.165) is 19.3 Å². The topological polar surface area (TPSA) is 79.3 Å². The Balaban J connectivity index is 1.99. The van der Waals surface area contributed by atoms with Crippen LogP contribution >= 0.6 is 0 Å². The van der Waals surface area contributed by atoms with Crippen LogP contribution in [0.15, 0.2) is 18.3 Å². The van der Waals surface area contributed by atoms with Crippen LogP contribution in [0.5, 0.6) is 0 Å². The van der Waals surface area contributed by atoms with E-state index in [2.05, 4.69) is 24.1 Å². The first-order valence-electron chi connectivity index (χ1n) is 6.88. The van der Waals surface area contributed by atoms with Crippen molar-refractivity contribution in [3.8, 4) is 0 Å². The van der Waals surface area contributed by atoms with E-state index in [9.17, 15) is 9.59 Å². The molecule has 1 saturated carbocycles. The predicted molar refractivity (Wildman–Crippen MR) is 74.7 cm³/mol. The maximum atomic E-state index is 12.1. The molecule has 0 spiro atoms. The maximum absolute atomic E-state index is 12.1. The summed E-state index contributed by atoms with van der Waals surface area (Å²) >= 11 is 0. The minimum Gasteiger partial charge on any atom is -0.478 e. The van der Waals surface area contributed by atoms with Crippen molar-refractivity contribution in [2.75, 3.05) is 0 Å². The summed E-state index contributed by atoms with van der Waals surface area (Å²) in [5.74, 6) is -1.27. The number of aromatic carboxylic acids is 1. The molecule has 1 aromatic rings. The summed E-state index contributed by atoms with van der Waals surface area (Å²) in [7, 11) is 0. The Morgan fingerprint density at radius 3 is 2.70 bits per heavy atom. The van der Waals surface area contributed by atoms with Crippen molar-refractivity contribution >= 4 is 11.9 Å². The van der Waals surface area contributed by atoms with Crippen LogP contribution in [0, 0.1) is 5.41 Å². The van der Waals surface area contributed by atoms with Gasteiger partial charge in [-0.1, -0.05) is 20.3 Å². The molecule has 0 saturated heterocycles. The zero-order chi connectivity index (χ0) is 14.8. The minimum absolute atomic E-state index is 0.0837. The molecule has 1 amide bonds. The van der Waals surface area contributed by atoms with E-state index in [1.54, 1.807) is 0 Å². The van der Waals surface area contributed by atoms with E-state index >= 15 is 0 Å². The fraction of sp³-hybridized carbons (Fsp3) is 0.533. The molecule has 1 heterocycles. The van der Waals surface area contributed by atoms with Gasteiger partial charge in [-0.3, -0.25) is 9.78 Å². The Labute approximate surface area is 118 Å². The van der Waals surface area contributed by atoms with Crippen molar-refractivity contribution in [1.82, 2.24) is 10.3 Å². The summed E-state index contributed by atoms with van der Waals surface area (Å²) < 4.78 is 0. The number of rotatable bonds is 3. The van der Waals surface area contributed by atoms with Gasteiger partial charge < -0.3 is 10.4 Å². The highest BCUT2D eigenvalue weighted by Gasteiger charge is 2.29. The van der Waals surface area contributed by atoms with Crippen molar-refractivity contribution in [2.45, 2.75) is 45.6 Å². The van der Waals surface area contributed by atoms with Crippen LogP contribution in [0.3, 0.4) is 0 Å². The smallest absolute Gasteiger partial charge is 0.337 e. The second kappa shape index (κ2) is 5.61. The Morgan fingerprint density at radius 1 is 1.40 bits per heavy atom. The maximum Gasteiger partial charge on any atom is 0.337 e. The van der Waals surface area contributed by atoms with E-state index in [1.807, 2.05) is 0 Å². The van der Waals surface area contributed by atoms with Gasteiger partial charge in [0.1, 0.15) is 5.69 Å². The van der Waals surface area contributed by atoms with Gasteiger partial charge in [0.15, 0.2) is 0 Å². The van der Waals surface area contributed by atoms with Crippen LogP contribution in [-0.2, 0) is 0 Å². The first-order valence-corrected chi connectivity index (χ1v) is 6.88. The number of aromatic nitrogens is 1. The number of hydrogen-bond donors (Lipinski definition) is 2. The van der Waals surface area contributed by atoms with E-state index in [4.69, 9.17) is 5.11 Å². The van der Waals surface area contributed by atoms with Gasteiger partial charge in [0.25, 0.3) is 5.91 Å². The van der Waals surface area contributed by atoms with Crippen molar-refractivity contribution < 1.29 is 14.7 Å². The third kappa shape index (κ3) is 3.56. The molecule has 5 heteroatoms. The first kappa shape index (κ1) is 14.5. The predicted octanol–water partition coefficient (Wildman–Crippen LogP) is 2.48. The molecule has 0 aliphatic heterocycles. The number of hydrogen-bond acceptors (Lipinski definition) is 3. The van der Waals surface area contributed by atoms with Crippen LogP contribution in [-0.4, -0.2) is 28.0 Å². The van der Waals surface area contributed by atoms with Gasteiger partial charge in [0.2, 0.25) is 0 Å². The first-order chi connectivity index (χ1) is 9.37. The molecule has 1 aliphatic carbocycles. The summed E-state index contributed by atoms with van der Waals surface area (Å²) in [6.07, 6.45) is 5.46. The van der Waals surface area contributed by atoms with Crippen LogP contribution in [0.2, 0.25) is 0 Å². The van der Waals surface area contributed by atoms with Gasteiger partial charge in [-0.25, -0.2) is 4.79 Å². The summed E-state index contributed by atoms with van der Waals surface area (Å²) in [5, 5.41) is 11.8. The Kier molecular flexibility index (Phi) is 4.06. The number of amides is 1. The third-order valence-electron chi connectivity index (χ3n) is 3.78. The lowest BCUT2D eigenvalue weighted by Crippen LogP contribution is -2.40. The Bertz CT molecular complexity index is 508. The lowest BCUT2D eigenvalue weighted by atomic mass is 9.75. The zero-order valence-electron chi connectivity index (χ0n) is 11.8. The zero-order valence-corrected chi connectivity index (χ0v) is 11.8. The quantitative estimate of drug-likeness (QED) is 0.889. The molecule has 0 radical (unpaired) electrons. The van der Waals surface area contributed by atoms with Gasteiger partial charge in [0, 0.05) is 12.2 Å². The van der Waals surface area contributed by atoms with Crippen LogP contribution in [0.25, 0.3) is 0 Å². The van der Waals surface area contributed by atoms with Crippen LogP contribution in [0.1, 0.15) is 60.4 Å². The average Bonchev–Trinajstić information content (AvgIpc) is 2.37. The molecule has 5 nitrogen and oxygen atoms in total. The fourth-order valence-corrected chi connectivity index (χ4v) is 2.74. The fourth-order valence-electron chi connectivity index (χ4n) is 2.74. The van der Waals surface area contributed by atoms with Gasteiger partial charge in [-0.2, -0.15) is 0 Å². The molecule has 1 aromatic heterocycles. The Hall–Kier alpha value is -1.91. The van der Waals surface area contributed by atoms with E-state index in [0.29, 0.717) is 0 Å². The lowest BCUT2D eigenvalue weighted by Gasteiger charge is -2.35. The monoisotopic (exact) mass is 276 g/mol. The molecule has 2 rings (SSSR count). The highest BCUT2D eigenvalue weighted by molar-refractivity contribution is 5.93. The van der Waals surface area contributed by atoms with Gasteiger partial charge >= 0.3 is 5.97 Å². The molecule has 1 fully saturated rings. The molecule has 2 N–H and O–H groups in total. The van der Waals surface area contributed by atoms with Crippen molar-refractivity contribution in [3.05, 3.63) is 29.6 Å². The number of nitrogens with zero attached hydrogens (tertiary/aromatic N) is 1. The molecule has 1 unspecified atom stereocenters. The molecule has 1 aliphatic rings. The van der Waals surface area contributed by atoms with Crippen molar-refractivity contribution in [1.29, 1.82) is 0 Å². The SMILES string of the molecule is CC1(C)CCCC(NC(=O)c2ccc(C(=O)O)cn2)C1. The highest BCUT2D eigenvalue weighted by atomic mass is 16.4. The van der Waals surface area contributed by atoms with Gasteiger partial charge in [0.05, 0.1) is 5.56 Å². The summed E-state index contributed by atoms with van der Waals surface area (Å²) in [6, 6.07) is 3.02. The van der Waals surface area contributed by atoms with Crippen LogP contribution in [0.4, 0.5) is 0 Å². The number of carboxylic acids is 1. The molecular weight excluding hydrogens is 256 g/mol. The molecule has 0 bridgehead atoms. The van der Waals surface area contributed by atoms with Crippen molar-refractivity contribution in [3.63, 3.8) is 0 Å². The second-order valence-electron chi connectivity index (χ2n) is 6.17. The van der Waals surface area contributed by atoms with E-state index in [-0.39, 0.29) is 28.6 Å². The summed E-state index contributed by atoms with van der Waals surface area (Å²) in [4.78, 5) is 26.7. The molecular formula is C15H20N2O3. The second-order valence-corrected chi connectivity index (χ2v) is 6.17. The number of carboxylic acid groups (broad SMARTS) is 1. The summed E-state index contributed by atoms with van der Waals surface area (Å²) in [5.41, 5.74) is 0.607. The minimum atomic E-state index is -1.04. The van der Waals surface area contributed by atoms with E-state index in [1.165, 1.54) is 24.8 Å². The number of nitrogens with one attached hydrogen (secondary N) is 1. The summed E-state index contributed by atoms with van der Waals surface area (Å²) in [6.45, 7) is 4.43.